The summed E-state index contributed by atoms with van der Waals surface area (Å²) in [6, 6.07) is 0. The molecule has 0 aromatic heterocycles. The Labute approximate surface area is 64.9 Å². The largest absolute Gasteiger partial charge is 0.302 e. The van der Waals surface area contributed by atoms with E-state index >= 15 is 0 Å². The SMILES string of the molecule is CCC(ONC)[Si](C)(C)C. The van der Waals surface area contributed by atoms with Gasteiger partial charge in [0, 0.05) is 7.05 Å². The molecule has 0 amide bonds. The summed E-state index contributed by atoms with van der Waals surface area (Å²) in [4.78, 5) is 5.37. The van der Waals surface area contributed by atoms with E-state index < -0.39 is 8.07 Å². The number of hydrogen-bond acceptors (Lipinski definition) is 2. The second-order valence-corrected chi connectivity index (χ2v) is 8.96. The fraction of sp³-hybridized carbons (Fsp3) is 1.00. The predicted octanol–water partition coefficient (Wildman–Crippen LogP) is 1.79. The highest BCUT2D eigenvalue weighted by Gasteiger charge is 2.25. The van der Waals surface area contributed by atoms with Gasteiger partial charge in [-0.25, -0.2) is 5.48 Å². The van der Waals surface area contributed by atoms with Gasteiger partial charge in [-0.1, -0.05) is 26.6 Å². The number of nitrogens with one attached hydrogen (secondary N) is 1. The Balaban J connectivity index is 3.81. The molecule has 3 heteroatoms. The summed E-state index contributed by atoms with van der Waals surface area (Å²) in [6.45, 7) is 9.12. The van der Waals surface area contributed by atoms with Gasteiger partial charge in [-0.15, -0.1) is 0 Å². The predicted molar refractivity (Wildman–Crippen MR) is 47.6 cm³/mol. The average molecular weight is 161 g/mol. The topological polar surface area (TPSA) is 21.3 Å². The summed E-state index contributed by atoms with van der Waals surface area (Å²) < 4.78 is 0. The van der Waals surface area contributed by atoms with Crippen molar-refractivity contribution in [2.75, 3.05) is 7.05 Å². The molecule has 0 aliphatic carbocycles. The first-order valence-electron chi connectivity index (χ1n) is 3.84. The fourth-order valence-corrected chi connectivity index (χ4v) is 2.71. The third-order valence-corrected chi connectivity index (χ3v) is 4.05. The van der Waals surface area contributed by atoms with Gasteiger partial charge in [0.05, 0.1) is 13.8 Å². The first kappa shape index (κ1) is 10.1. The van der Waals surface area contributed by atoms with Crippen LogP contribution in [0.25, 0.3) is 0 Å². The van der Waals surface area contributed by atoms with Crippen molar-refractivity contribution in [3.05, 3.63) is 0 Å². The molecule has 1 atom stereocenters. The molecule has 0 bridgehead atoms. The van der Waals surface area contributed by atoms with Crippen LogP contribution in [0.3, 0.4) is 0 Å². The van der Waals surface area contributed by atoms with Gasteiger partial charge in [-0.2, -0.15) is 0 Å². The highest BCUT2D eigenvalue weighted by atomic mass is 28.3. The van der Waals surface area contributed by atoms with Crippen molar-refractivity contribution >= 4 is 8.07 Å². The Bertz CT molecular complexity index is 90.1. The maximum Gasteiger partial charge on any atom is 0.0811 e. The molecule has 0 rings (SSSR count). The van der Waals surface area contributed by atoms with Gasteiger partial charge < -0.3 is 4.84 Å². The standard InChI is InChI=1S/C7H19NOSi/c1-6-7(9-8-2)10(3,4)5/h7-8H,6H2,1-5H3. The Kier molecular flexibility index (Phi) is 4.16. The summed E-state index contributed by atoms with van der Waals surface area (Å²) >= 11 is 0. The minimum Gasteiger partial charge on any atom is -0.302 e. The molecule has 0 aliphatic rings. The van der Waals surface area contributed by atoms with Gasteiger partial charge in [0.1, 0.15) is 0 Å². The van der Waals surface area contributed by atoms with E-state index in [1.54, 1.807) is 0 Å². The molecule has 1 unspecified atom stereocenters. The van der Waals surface area contributed by atoms with E-state index in [1.165, 1.54) is 0 Å². The second-order valence-electron chi connectivity index (χ2n) is 3.58. The second kappa shape index (κ2) is 4.11. The Morgan fingerprint density at radius 2 is 1.90 bits per heavy atom. The van der Waals surface area contributed by atoms with Gasteiger partial charge in [0.2, 0.25) is 0 Å². The molecular weight excluding hydrogens is 142 g/mol. The van der Waals surface area contributed by atoms with Gasteiger partial charge in [-0.05, 0) is 6.42 Å². The zero-order valence-corrected chi connectivity index (χ0v) is 8.69. The van der Waals surface area contributed by atoms with Gasteiger partial charge >= 0.3 is 0 Å². The molecule has 0 aliphatic heterocycles. The molecule has 0 saturated heterocycles. The molecule has 2 nitrogen and oxygen atoms in total. The first-order valence-corrected chi connectivity index (χ1v) is 7.42. The summed E-state index contributed by atoms with van der Waals surface area (Å²) in [6.07, 6.45) is 1.11. The molecule has 0 aromatic carbocycles. The van der Waals surface area contributed by atoms with Crippen molar-refractivity contribution in [3.63, 3.8) is 0 Å². The van der Waals surface area contributed by atoms with Crippen LogP contribution in [0.2, 0.25) is 19.6 Å². The van der Waals surface area contributed by atoms with E-state index in [9.17, 15) is 0 Å². The number of hydrogen-bond donors (Lipinski definition) is 1. The lowest BCUT2D eigenvalue weighted by Crippen LogP contribution is -2.42. The molecule has 0 spiro atoms. The fourth-order valence-electron chi connectivity index (χ4n) is 1.01. The van der Waals surface area contributed by atoms with Gasteiger partial charge in [0.15, 0.2) is 0 Å². The van der Waals surface area contributed by atoms with E-state index in [0.717, 1.165) is 6.42 Å². The Morgan fingerprint density at radius 3 is 2.00 bits per heavy atom. The Hall–Kier alpha value is 0.137. The van der Waals surface area contributed by atoms with Crippen molar-refractivity contribution in [2.45, 2.75) is 38.7 Å². The molecule has 0 saturated carbocycles. The lowest BCUT2D eigenvalue weighted by atomic mass is 10.5. The van der Waals surface area contributed by atoms with E-state index in [2.05, 4.69) is 32.0 Å². The van der Waals surface area contributed by atoms with Crippen LogP contribution in [0.5, 0.6) is 0 Å². The highest BCUT2D eigenvalue weighted by Crippen LogP contribution is 2.12. The van der Waals surface area contributed by atoms with Crippen LogP contribution in [0.4, 0.5) is 0 Å². The van der Waals surface area contributed by atoms with E-state index in [0.29, 0.717) is 5.73 Å². The molecule has 10 heavy (non-hydrogen) atoms. The smallest absolute Gasteiger partial charge is 0.0811 e. The quantitative estimate of drug-likeness (QED) is 0.501. The van der Waals surface area contributed by atoms with Crippen LogP contribution in [0.1, 0.15) is 13.3 Å². The maximum atomic E-state index is 5.37. The van der Waals surface area contributed by atoms with E-state index in [4.69, 9.17) is 4.84 Å². The van der Waals surface area contributed by atoms with Crippen molar-refractivity contribution in [1.82, 2.24) is 5.48 Å². The third kappa shape index (κ3) is 3.34. The average Bonchev–Trinajstić information content (AvgIpc) is 1.80. The summed E-state index contributed by atoms with van der Waals surface area (Å²) in [5.41, 5.74) is 3.20. The van der Waals surface area contributed by atoms with Crippen molar-refractivity contribution in [1.29, 1.82) is 0 Å². The molecule has 1 N–H and O–H groups in total. The lowest BCUT2D eigenvalue weighted by molar-refractivity contribution is 0.0259. The van der Waals surface area contributed by atoms with E-state index in [1.807, 2.05) is 7.05 Å². The normalized spacial score (nSPS) is 15.3. The molecule has 62 valence electrons. The molecule has 0 fully saturated rings. The van der Waals surface area contributed by atoms with Crippen LogP contribution in [0.15, 0.2) is 0 Å². The molecular formula is C7H19NOSi. The van der Waals surface area contributed by atoms with Crippen LogP contribution in [0, 0.1) is 0 Å². The van der Waals surface area contributed by atoms with Crippen molar-refractivity contribution in [3.8, 4) is 0 Å². The zero-order valence-electron chi connectivity index (χ0n) is 7.69. The number of hydroxylamine groups is 1. The minimum absolute atomic E-state index is 0.442. The summed E-state index contributed by atoms with van der Waals surface area (Å²) in [5.74, 6) is 0. The molecule has 0 heterocycles. The third-order valence-electron chi connectivity index (χ3n) is 1.60. The van der Waals surface area contributed by atoms with Crippen LogP contribution in [-0.2, 0) is 4.84 Å². The number of rotatable bonds is 4. The summed E-state index contributed by atoms with van der Waals surface area (Å²) in [5, 5.41) is 0. The van der Waals surface area contributed by atoms with Gasteiger partial charge in [0.25, 0.3) is 0 Å². The molecule has 0 radical (unpaired) electrons. The van der Waals surface area contributed by atoms with Crippen LogP contribution < -0.4 is 5.48 Å². The minimum atomic E-state index is -1.09. The molecule has 0 aromatic rings. The van der Waals surface area contributed by atoms with Gasteiger partial charge in [-0.3, -0.25) is 0 Å². The highest BCUT2D eigenvalue weighted by molar-refractivity contribution is 6.77. The first-order chi connectivity index (χ1) is 4.52. The zero-order chi connectivity index (χ0) is 8.20. The van der Waals surface area contributed by atoms with Crippen molar-refractivity contribution in [2.24, 2.45) is 0 Å². The lowest BCUT2D eigenvalue weighted by Gasteiger charge is -2.26. The van der Waals surface area contributed by atoms with Crippen LogP contribution >= 0.6 is 0 Å². The summed E-state index contributed by atoms with van der Waals surface area (Å²) in [7, 11) is 0.730. The van der Waals surface area contributed by atoms with Crippen molar-refractivity contribution < 1.29 is 4.84 Å². The monoisotopic (exact) mass is 161 g/mol. The maximum absolute atomic E-state index is 5.37. The Morgan fingerprint density at radius 1 is 1.40 bits per heavy atom. The van der Waals surface area contributed by atoms with E-state index in [-0.39, 0.29) is 0 Å². The van der Waals surface area contributed by atoms with Crippen LogP contribution in [-0.4, -0.2) is 20.8 Å².